The van der Waals surface area contributed by atoms with E-state index in [1.165, 1.54) is 0 Å². The SMILES string of the molecule is COc1ccc(-n2nc(-c3nc(-c4cccnc4)n[nH]3)c(N3CCN(c4ccccn4)CC3)n2)cc1. The molecule has 6 rings (SSSR count). The molecule has 0 saturated carbocycles. The Kier molecular flexibility index (Phi) is 5.70. The van der Waals surface area contributed by atoms with Gasteiger partial charge >= 0.3 is 0 Å². The molecule has 36 heavy (non-hydrogen) atoms. The molecule has 1 saturated heterocycles. The molecule has 0 atom stereocenters. The number of nitrogens with zero attached hydrogens (tertiary/aromatic N) is 9. The summed E-state index contributed by atoms with van der Waals surface area (Å²) in [6, 6.07) is 17.4. The van der Waals surface area contributed by atoms with E-state index < -0.39 is 0 Å². The van der Waals surface area contributed by atoms with Gasteiger partial charge in [-0.3, -0.25) is 10.1 Å². The Bertz CT molecular complexity index is 1430. The Morgan fingerprint density at radius 3 is 2.42 bits per heavy atom. The summed E-state index contributed by atoms with van der Waals surface area (Å²) in [4.78, 5) is 19.5. The van der Waals surface area contributed by atoms with Crippen molar-refractivity contribution in [2.45, 2.75) is 0 Å². The molecular weight excluding hydrogens is 456 g/mol. The summed E-state index contributed by atoms with van der Waals surface area (Å²) < 4.78 is 5.29. The number of rotatable bonds is 6. The summed E-state index contributed by atoms with van der Waals surface area (Å²) in [5.41, 5.74) is 2.29. The summed E-state index contributed by atoms with van der Waals surface area (Å²) in [7, 11) is 1.64. The van der Waals surface area contributed by atoms with Gasteiger partial charge in [0, 0.05) is 50.3 Å². The van der Waals surface area contributed by atoms with Gasteiger partial charge in [-0.2, -0.15) is 5.10 Å². The minimum absolute atomic E-state index is 0.552. The number of aromatic amines is 1. The molecule has 1 N–H and O–H groups in total. The van der Waals surface area contributed by atoms with Gasteiger partial charge in [0.2, 0.25) is 0 Å². The third kappa shape index (κ3) is 4.22. The molecular formula is C25H24N10O. The van der Waals surface area contributed by atoms with E-state index in [2.05, 4.69) is 30.0 Å². The number of methoxy groups -OCH3 is 1. The minimum Gasteiger partial charge on any atom is -0.497 e. The lowest BCUT2D eigenvalue weighted by molar-refractivity contribution is 0.414. The number of hydrogen-bond acceptors (Lipinski definition) is 9. The molecule has 5 aromatic rings. The molecule has 1 aromatic carbocycles. The smallest absolute Gasteiger partial charge is 0.183 e. The second-order valence-electron chi connectivity index (χ2n) is 8.27. The normalized spacial score (nSPS) is 13.7. The first-order chi connectivity index (χ1) is 17.8. The van der Waals surface area contributed by atoms with E-state index in [4.69, 9.17) is 19.9 Å². The van der Waals surface area contributed by atoms with Gasteiger partial charge in [-0.05, 0) is 48.5 Å². The fourth-order valence-electron chi connectivity index (χ4n) is 4.18. The molecule has 0 amide bonds. The summed E-state index contributed by atoms with van der Waals surface area (Å²) in [6.07, 6.45) is 5.28. The molecule has 4 aromatic heterocycles. The molecule has 5 heterocycles. The highest BCUT2D eigenvalue weighted by Crippen LogP contribution is 2.29. The Labute approximate surface area is 207 Å². The van der Waals surface area contributed by atoms with Crippen molar-refractivity contribution in [3.63, 3.8) is 0 Å². The maximum Gasteiger partial charge on any atom is 0.183 e. The highest BCUT2D eigenvalue weighted by atomic mass is 16.5. The van der Waals surface area contributed by atoms with Crippen molar-refractivity contribution in [1.82, 2.24) is 40.1 Å². The van der Waals surface area contributed by atoms with Gasteiger partial charge in [0.25, 0.3) is 0 Å². The molecule has 1 fully saturated rings. The van der Waals surface area contributed by atoms with Crippen LogP contribution in [0.25, 0.3) is 28.6 Å². The van der Waals surface area contributed by atoms with Crippen LogP contribution in [0.3, 0.4) is 0 Å². The van der Waals surface area contributed by atoms with Crippen LogP contribution in [-0.2, 0) is 0 Å². The second-order valence-corrected chi connectivity index (χ2v) is 8.27. The van der Waals surface area contributed by atoms with Crippen LogP contribution >= 0.6 is 0 Å². The van der Waals surface area contributed by atoms with Gasteiger partial charge in [0.15, 0.2) is 23.2 Å². The van der Waals surface area contributed by atoms with Gasteiger partial charge in [0.05, 0.1) is 12.8 Å². The molecule has 0 radical (unpaired) electrons. The lowest BCUT2D eigenvalue weighted by Crippen LogP contribution is -2.47. The standard InChI is InChI=1S/C25H24N10O/c1-36-20-9-7-19(8-10-20)35-31-22(24-28-23(29-30-24)18-5-4-11-26-17-18)25(32-35)34-15-13-33(14-16-34)21-6-2-3-12-27-21/h2-12,17H,13-16H2,1H3,(H,28,29,30). The third-order valence-electron chi connectivity index (χ3n) is 6.08. The van der Waals surface area contributed by atoms with E-state index >= 15 is 0 Å². The summed E-state index contributed by atoms with van der Waals surface area (Å²) in [5.74, 6) is 3.61. The highest BCUT2D eigenvalue weighted by molar-refractivity contribution is 5.69. The Balaban J connectivity index is 1.33. The number of pyridine rings is 2. The molecule has 0 bridgehead atoms. The molecule has 1 aliphatic rings. The zero-order chi connectivity index (χ0) is 24.3. The van der Waals surface area contributed by atoms with Gasteiger partial charge in [-0.15, -0.1) is 15.0 Å². The minimum atomic E-state index is 0.552. The topological polar surface area (TPSA) is 114 Å². The van der Waals surface area contributed by atoms with Crippen molar-refractivity contribution in [3.8, 4) is 34.3 Å². The van der Waals surface area contributed by atoms with Crippen LogP contribution in [0.5, 0.6) is 5.75 Å². The quantitative estimate of drug-likeness (QED) is 0.392. The number of hydrogen-bond donors (Lipinski definition) is 1. The van der Waals surface area contributed by atoms with Crippen LogP contribution in [0, 0.1) is 0 Å². The number of H-pyrrole nitrogens is 1. The van der Waals surface area contributed by atoms with Crippen LogP contribution in [0.4, 0.5) is 11.6 Å². The molecule has 0 aliphatic carbocycles. The largest absolute Gasteiger partial charge is 0.497 e. The molecule has 11 heteroatoms. The van der Waals surface area contributed by atoms with Crippen molar-refractivity contribution in [3.05, 3.63) is 73.2 Å². The second kappa shape index (κ2) is 9.45. The zero-order valence-electron chi connectivity index (χ0n) is 19.7. The van der Waals surface area contributed by atoms with Crippen LogP contribution in [0.1, 0.15) is 0 Å². The summed E-state index contributed by atoms with van der Waals surface area (Å²) in [5, 5.41) is 17.1. The van der Waals surface area contributed by atoms with Gasteiger partial charge in [0.1, 0.15) is 11.6 Å². The average molecular weight is 481 g/mol. The Hall–Kier alpha value is -4.80. The fraction of sp³-hybridized carbons (Fsp3) is 0.200. The van der Waals surface area contributed by atoms with Crippen molar-refractivity contribution < 1.29 is 4.74 Å². The monoisotopic (exact) mass is 480 g/mol. The van der Waals surface area contributed by atoms with Crippen molar-refractivity contribution in [1.29, 1.82) is 0 Å². The average Bonchev–Trinajstić information content (AvgIpc) is 3.62. The van der Waals surface area contributed by atoms with E-state index in [1.54, 1.807) is 24.3 Å². The number of ether oxygens (including phenoxy) is 1. The first-order valence-electron chi connectivity index (χ1n) is 11.6. The van der Waals surface area contributed by atoms with E-state index in [9.17, 15) is 0 Å². The Morgan fingerprint density at radius 1 is 0.861 bits per heavy atom. The fourth-order valence-corrected chi connectivity index (χ4v) is 4.18. The number of benzene rings is 1. The van der Waals surface area contributed by atoms with Gasteiger partial charge in [-0.25, -0.2) is 9.97 Å². The summed E-state index contributed by atoms with van der Waals surface area (Å²) in [6.45, 7) is 3.19. The maximum atomic E-state index is 5.29. The zero-order valence-corrected chi connectivity index (χ0v) is 19.7. The van der Waals surface area contributed by atoms with Crippen molar-refractivity contribution >= 4 is 11.6 Å². The van der Waals surface area contributed by atoms with Crippen LogP contribution < -0.4 is 14.5 Å². The van der Waals surface area contributed by atoms with E-state index in [0.717, 1.165) is 54.8 Å². The number of anilines is 2. The molecule has 1 aliphatic heterocycles. The van der Waals surface area contributed by atoms with Crippen LogP contribution in [0.2, 0.25) is 0 Å². The summed E-state index contributed by atoms with van der Waals surface area (Å²) >= 11 is 0. The maximum absolute atomic E-state index is 5.29. The van der Waals surface area contributed by atoms with E-state index in [0.29, 0.717) is 17.3 Å². The molecule has 180 valence electrons. The first kappa shape index (κ1) is 21.7. The molecule has 11 nitrogen and oxygen atoms in total. The van der Waals surface area contributed by atoms with Gasteiger partial charge < -0.3 is 14.5 Å². The van der Waals surface area contributed by atoms with E-state index in [-0.39, 0.29) is 0 Å². The highest BCUT2D eigenvalue weighted by Gasteiger charge is 2.26. The van der Waals surface area contributed by atoms with Gasteiger partial charge in [-0.1, -0.05) is 6.07 Å². The predicted molar refractivity (Wildman–Crippen MR) is 135 cm³/mol. The lowest BCUT2D eigenvalue weighted by atomic mass is 10.2. The van der Waals surface area contributed by atoms with Crippen LogP contribution in [-0.4, -0.2) is 73.4 Å². The lowest BCUT2D eigenvalue weighted by Gasteiger charge is -2.35. The van der Waals surface area contributed by atoms with E-state index in [1.807, 2.05) is 60.8 Å². The van der Waals surface area contributed by atoms with Crippen molar-refractivity contribution in [2.24, 2.45) is 0 Å². The number of piperazine rings is 1. The molecule has 0 spiro atoms. The Morgan fingerprint density at radius 2 is 1.69 bits per heavy atom. The predicted octanol–water partition coefficient (Wildman–Crippen LogP) is 2.84. The number of aromatic nitrogens is 8. The number of nitrogens with one attached hydrogen (secondary N) is 1. The van der Waals surface area contributed by atoms with Crippen LogP contribution in [0.15, 0.2) is 73.2 Å². The van der Waals surface area contributed by atoms with Crippen molar-refractivity contribution in [2.75, 3.05) is 43.1 Å². The molecule has 0 unspecified atom stereocenters. The third-order valence-corrected chi connectivity index (χ3v) is 6.08. The first-order valence-corrected chi connectivity index (χ1v) is 11.6.